The Labute approximate surface area is 192 Å². The third kappa shape index (κ3) is 5.03. The van der Waals surface area contributed by atoms with E-state index in [1.165, 1.54) is 6.92 Å². The molecular weight excluding hydrogens is 414 g/mol. The number of hydrogen-bond donors (Lipinski definition) is 3. The van der Waals surface area contributed by atoms with Gasteiger partial charge >= 0.3 is 0 Å². The summed E-state index contributed by atoms with van der Waals surface area (Å²) in [6, 6.07) is 17.1. The van der Waals surface area contributed by atoms with E-state index in [-0.39, 0.29) is 11.7 Å². The van der Waals surface area contributed by atoms with E-state index in [1.807, 2.05) is 80.5 Å². The smallest absolute Gasteiger partial charge is 0.255 e. The van der Waals surface area contributed by atoms with Gasteiger partial charge in [0.25, 0.3) is 5.91 Å². The van der Waals surface area contributed by atoms with Crippen molar-refractivity contribution in [3.63, 3.8) is 0 Å². The summed E-state index contributed by atoms with van der Waals surface area (Å²) < 4.78 is 0. The number of anilines is 3. The van der Waals surface area contributed by atoms with Crippen LogP contribution in [0, 0.1) is 6.92 Å². The maximum absolute atomic E-state index is 12.7. The monoisotopic (exact) mass is 441 g/mol. The maximum Gasteiger partial charge on any atom is 0.255 e. The van der Waals surface area contributed by atoms with Gasteiger partial charge in [0.2, 0.25) is 0 Å². The Morgan fingerprint density at radius 3 is 2.45 bits per heavy atom. The van der Waals surface area contributed by atoms with E-state index in [2.05, 4.69) is 20.6 Å². The van der Waals surface area contributed by atoms with E-state index < -0.39 is 0 Å². The van der Waals surface area contributed by atoms with Gasteiger partial charge in [0.15, 0.2) is 5.78 Å². The van der Waals surface area contributed by atoms with E-state index in [0.717, 1.165) is 33.6 Å². The van der Waals surface area contributed by atoms with Gasteiger partial charge in [-0.1, -0.05) is 6.07 Å². The zero-order valence-corrected chi connectivity index (χ0v) is 19.2. The fraction of sp³-hybridized carbons (Fsp3) is 0.192. The van der Waals surface area contributed by atoms with Crippen LogP contribution in [0.1, 0.15) is 38.9 Å². The highest BCUT2D eigenvalue weighted by atomic mass is 16.1. The first kappa shape index (κ1) is 22.1. The van der Waals surface area contributed by atoms with Crippen molar-refractivity contribution in [3.8, 4) is 0 Å². The van der Waals surface area contributed by atoms with E-state index in [9.17, 15) is 9.59 Å². The topological polar surface area (TPSA) is 90.1 Å². The van der Waals surface area contributed by atoms with Crippen LogP contribution in [0.5, 0.6) is 0 Å². The van der Waals surface area contributed by atoms with Gasteiger partial charge in [-0.25, -0.2) is 4.98 Å². The Balaban J connectivity index is 1.45. The summed E-state index contributed by atoms with van der Waals surface area (Å²) in [6.45, 7) is 4.14. The molecule has 0 unspecified atom stereocenters. The predicted octanol–water partition coefficient (Wildman–Crippen LogP) is 5.00. The number of benzene rings is 2. The van der Waals surface area contributed by atoms with Crippen LogP contribution in [-0.2, 0) is 6.54 Å². The zero-order chi connectivity index (χ0) is 23.5. The van der Waals surface area contributed by atoms with Crippen LogP contribution in [0.15, 0.2) is 60.8 Å². The number of rotatable bonds is 7. The van der Waals surface area contributed by atoms with Gasteiger partial charge in [-0.2, -0.15) is 0 Å². The van der Waals surface area contributed by atoms with E-state index in [4.69, 9.17) is 0 Å². The van der Waals surface area contributed by atoms with Crippen molar-refractivity contribution in [2.75, 3.05) is 29.6 Å². The fourth-order valence-electron chi connectivity index (χ4n) is 3.55. The molecule has 0 saturated heterocycles. The Morgan fingerprint density at radius 1 is 1.00 bits per heavy atom. The average Bonchev–Trinajstić information content (AvgIpc) is 3.23. The highest BCUT2D eigenvalue weighted by molar-refractivity contribution is 6.04. The Morgan fingerprint density at radius 2 is 1.76 bits per heavy atom. The number of Topliss-reactive ketones (excluding diaryl/α,β-unsaturated/α-hetero) is 1. The number of aryl methyl sites for hydroxylation is 1. The highest BCUT2D eigenvalue weighted by Crippen LogP contribution is 2.21. The van der Waals surface area contributed by atoms with Gasteiger partial charge in [0.05, 0.1) is 17.6 Å². The molecule has 0 aliphatic carbocycles. The molecule has 33 heavy (non-hydrogen) atoms. The molecule has 0 fully saturated rings. The van der Waals surface area contributed by atoms with Crippen LogP contribution >= 0.6 is 0 Å². The standard InChI is InChI=1S/C26H27N5O2/c1-16-5-8-21(29-26(33)18-6-9-23(10-7-18)31(3)4)12-20(16)14-27-22-11-19-13-24(17(2)32)30-25(19)28-15-22/h5-13,15,27H,14H2,1-4H3,(H,28,30)(H,29,33). The first-order valence-electron chi connectivity index (χ1n) is 10.7. The molecule has 168 valence electrons. The quantitative estimate of drug-likeness (QED) is 0.351. The molecule has 7 heteroatoms. The molecule has 0 bridgehead atoms. The molecule has 3 N–H and O–H groups in total. The molecule has 0 aliphatic rings. The van der Waals surface area contributed by atoms with Gasteiger partial charge < -0.3 is 20.5 Å². The van der Waals surface area contributed by atoms with Crippen molar-refractivity contribution in [1.82, 2.24) is 9.97 Å². The molecular formula is C26H27N5O2. The van der Waals surface area contributed by atoms with E-state index in [0.29, 0.717) is 23.4 Å². The summed E-state index contributed by atoms with van der Waals surface area (Å²) in [4.78, 5) is 33.7. The number of carbonyl (C=O) groups is 2. The van der Waals surface area contributed by atoms with Crippen LogP contribution < -0.4 is 15.5 Å². The third-order valence-electron chi connectivity index (χ3n) is 5.59. The second-order valence-electron chi connectivity index (χ2n) is 8.29. The molecule has 0 radical (unpaired) electrons. The number of ketones is 1. The number of fused-ring (bicyclic) bond motifs is 1. The number of aromatic amines is 1. The van der Waals surface area contributed by atoms with Gasteiger partial charge in [0.1, 0.15) is 5.65 Å². The maximum atomic E-state index is 12.7. The molecule has 2 heterocycles. The van der Waals surface area contributed by atoms with Crippen molar-refractivity contribution in [2.24, 2.45) is 0 Å². The van der Waals surface area contributed by atoms with Crippen molar-refractivity contribution in [3.05, 3.63) is 83.2 Å². The molecule has 0 spiro atoms. The number of aromatic nitrogens is 2. The number of nitrogens with zero attached hydrogens (tertiary/aromatic N) is 2. The van der Waals surface area contributed by atoms with Crippen molar-refractivity contribution < 1.29 is 9.59 Å². The van der Waals surface area contributed by atoms with Gasteiger partial charge in [-0.05, 0) is 66.6 Å². The Hall–Kier alpha value is -4.13. The lowest BCUT2D eigenvalue weighted by molar-refractivity contribution is 0.101. The van der Waals surface area contributed by atoms with Crippen molar-refractivity contribution >= 4 is 39.8 Å². The summed E-state index contributed by atoms with van der Waals surface area (Å²) in [5, 5.41) is 7.24. The first-order chi connectivity index (χ1) is 15.8. The van der Waals surface area contributed by atoms with Gasteiger partial charge in [0, 0.05) is 49.9 Å². The summed E-state index contributed by atoms with van der Waals surface area (Å²) in [5.41, 5.74) is 6.66. The van der Waals surface area contributed by atoms with Crippen molar-refractivity contribution in [2.45, 2.75) is 20.4 Å². The molecule has 0 aliphatic heterocycles. The number of carbonyl (C=O) groups excluding carboxylic acids is 2. The Kier molecular flexibility index (Phi) is 6.13. The van der Waals surface area contributed by atoms with E-state index >= 15 is 0 Å². The molecule has 0 saturated carbocycles. The van der Waals surface area contributed by atoms with Crippen LogP contribution in [0.2, 0.25) is 0 Å². The minimum atomic E-state index is -0.147. The third-order valence-corrected chi connectivity index (χ3v) is 5.59. The molecule has 4 rings (SSSR count). The lowest BCUT2D eigenvalue weighted by Gasteiger charge is -2.14. The average molecular weight is 442 g/mol. The second kappa shape index (κ2) is 9.16. The molecule has 0 atom stereocenters. The van der Waals surface area contributed by atoms with Crippen LogP contribution in [-0.4, -0.2) is 35.8 Å². The van der Waals surface area contributed by atoms with Gasteiger partial charge in [-0.15, -0.1) is 0 Å². The lowest BCUT2D eigenvalue weighted by Crippen LogP contribution is -2.13. The fourth-order valence-corrected chi connectivity index (χ4v) is 3.55. The summed E-state index contributed by atoms with van der Waals surface area (Å²) >= 11 is 0. The van der Waals surface area contributed by atoms with Gasteiger partial charge in [-0.3, -0.25) is 9.59 Å². The minimum absolute atomic E-state index is 0.0226. The summed E-state index contributed by atoms with van der Waals surface area (Å²) in [5.74, 6) is -0.169. The zero-order valence-electron chi connectivity index (χ0n) is 19.2. The van der Waals surface area contributed by atoms with Crippen LogP contribution in [0.3, 0.4) is 0 Å². The normalized spacial score (nSPS) is 10.8. The first-order valence-corrected chi connectivity index (χ1v) is 10.7. The highest BCUT2D eigenvalue weighted by Gasteiger charge is 2.10. The van der Waals surface area contributed by atoms with E-state index in [1.54, 1.807) is 6.20 Å². The number of amides is 1. The lowest BCUT2D eigenvalue weighted by atomic mass is 10.1. The molecule has 7 nitrogen and oxygen atoms in total. The molecule has 1 amide bonds. The summed E-state index contributed by atoms with van der Waals surface area (Å²) in [7, 11) is 3.93. The summed E-state index contributed by atoms with van der Waals surface area (Å²) in [6.07, 6.45) is 1.74. The van der Waals surface area contributed by atoms with Crippen LogP contribution in [0.4, 0.5) is 17.1 Å². The predicted molar refractivity (Wildman–Crippen MR) is 133 cm³/mol. The number of hydrogen-bond acceptors (Lipinski definition) is 5. The molecule has 4 aromatic rings. The molecule has 2 aromatic carbocycles. The number of pyridine rings is 1. The molecule has 2 aromatic heterocycles. The number of nitrogens with one attached hydrogen (secondary N) is 3. The number of H-pyrrole nitrogens is 1. The Bertz CT molecular complexity index is 1320. The largest absolute Gasteiger partial charge is 0.380 e. The van der Waals surface area contributed by atoms with Crippen molar-refractivity contribution in [1.29, 1.82) is 0 Å². The second-order valence-corrected chi connectivity index (χ2v) is 8.29. The van der Waals surface area contributed by atoms with Crippen LogP contribution in [0.25, 0.3) is 11.0 Å². The SMILES string of the molecule is CC(=O)c1cc2cc(NCc3cc(NC(=O)c4ccc(N(C)C)cc4)ccc3C)cnc2[nH]1. The minimum Gasteiger partial charge on any atom is -0.380 e.